The molecule has 0 saturated heterocycles. The maximum absolute atomic E-state index is 12.3. The second kappa shape index (κ2) is 7.31. The number of ketones is 1. The highest BCUT2D eigenvalue weighted by molar-refractivity contribution is 6.19. The van der Waals surface area contributed by atoms with Gasteiger partial charge >= 0.3 is 5.97 Å². The summed E-state index contributed by atoms with van der Waals surface area (Å²) in [6, 6.07) is 7.38. The van der Waals surface area contributed by atoms with Gasteiger partial charge in [0.15, 0.2) is 17.6 Å². The highest BCUT2D eigenvalue weighted by atomic mass is 16.6. The molecule has 0 amide bonds. The monoisotopic (exact) mass is 318 g/mol. The molecule has 0 aromatic heterocycles. The molecular formula is C18H22O5. The minimum atomic E-state index is -0.715. The number of hydrogen-bond donors (Lipinski definition) is 1. The van der Waals surface area contributed by atoms with Gasteiger partial charge in [-0.3, -0.25) is 4.79 Å². The standard InChI is InChI=1S/C18H22O5/c1-11(2)10-15-17(20)16(18(21)23-15)14(19)9-6-12-4-7-13(22-3)8-5-12/h4-5,7-8,11,15,20H,6,9-10H2,1-3H3. The summed E-state index contributed by atoms with van der Waals surface area (Å²) in [4.78, 5) is 24.1. The fourth-order valence-electron chi connectivity index (χ4n) is 2.53. The number of esters is 1. The van der Waals surface area contributed by atoms with Gasteiger partial charge in [0.2, 0.25) is 0 Å². The number of aliphatic hydroxyl groups excluding tert-OH is 1. The minimum Gasteiger partial charge on any atom is -0.507 e. The molecule has 2 rings (SSSR count). The van der Waals surface area contributed by atoms with E-state index in [9.17, 15) is 14.7 Å². The second-order valence-electron chi connectivity index (χ2n) is 6.05. The number of benzene rings is 1. The van der Waals surface area contributed by atoms with E-state index in [0.717, 1.165) is 11.3 Å². The SMILES string of the molecule is COc1ccc(CCC(=O)C2=C(O)C(CC(C)C)OC2=O)cc1. The van der Waals surface area contributed by atoms with Crippen LogP contribution in [0, 0.1) is 5.92 Å². The zero-order chi connectivity index (χ0) is 17.0. The number of carbonyl (C=O) groups excluding carboxylic acids is 2. The van der Waals surface area contributed by atoms with Crippen LogP contribution in [0.2, 0.25) is 0 Å². The lowest BCUT2D eigenvalue weighted by Crippen LogP contribution is -2.14. The number of Topliss-reactive ketones (excluding diaryl/α,β-unsaturated/α-hetero) is 1. The third kappa shape index (κ3) is 4.12. The Hall–Kier alpha value is -2.30. The maximum Gasteiger partial charge on any atom is 0.346 e. The van der Waals surface area contributed by atoms with Crippen LogP contribution in [0.25, 0.3) is 0 Å². The van der Waals surface area contributed by atoms with E-state index in [0.29, 0.717) is 12.8 Å². The Kier molecular flexibility index (Phi) is 5.42. The van der Waals surface area contributed by atoms with Crippen LogP contribution in [0.5, 0.6) is 5.75 Å². The third-order valence-electron chi connectivity index (χ3n) is 3.78. The van der Waals surface area contributed by atoms with Crippen LogP contribution in [0.3, 0.4) is 0 Å². The Balaban J connectivity index is 2.01. The van der Waals surface area contributed by atoms with E-state index in [1.807, 2.05) is 38.1 Å². The molecule has 1 heterocycles. The molecular weight excluding hydrogens is 296 g/mol. The quantitative estimate of drug-likeness (QED) is 0.618. The Morgan fingerprint density at radius 1 is 1.30 bits per heavy atom. The number of aryl methyl sites for hydroxylation is 1. The molecule has 1 aliphatic rings. The number of hydrogen-bond acceptors (Lipinski definition) is 5. The van der Waals surface area contributed by atoms with Crippen LogP contribution >= 0.6 is 0 Å². The number of ether oxygens (including phenoxy) is 2. The van der Waals surface area contributed by atoms with Crippen molar-refractivity contribution >= 4 is 11.8 Å². The molecule has 0 spiro atoms. The van der Waals surface area contributed by atoms with Gasteiger partial charge in [0.1, 0.15) is 11.3 Å². The lowest BCUT2D eigenvalue weighted by molar-refractivity contribution is -0.141. The second-order valence-corrected chi connectivity index (χ2v) is 6.05. The first kappa shape index (κ1) is 17.1. The molecule has 1 unspecified atom stereocenters. The maximum atomic E-state index is 12.3. The van der Waals surface area contributed by atoms with Crippen molar-refractivity contribution in [3.63, 3.8) is 0 Å². The summed E-state index contributed by atoms with van der Waals surface area (Å²) < 4.78 is 10.2. The molecule has 5 heteroatoms. The van der Waals surface area contributed by atoms with E-state index >= 15 is 0 Å². The fraction of sp³-hybridized carbons (Fsp3) is 0.444. The lowest BCUT2D eigenvalue weighted by Gasteiger charge is -2.11. The molecule has 1 aromatic rings. The van der Waals surface area contributed by atoms with Gasteiger partial charge in [-0.05, 0) is 36.5 Å². The normalized spacial score (nSPS) is 17.6. The fourth-order valence-corrected chi connectivity index (χ4v) is 2.53. The number of methoxy groups -OCH3 is 1. The van der Waals surface area contributed by atoms with Crippen LogP contribution in [0.4, 0.5) is 0 Å². The van der Waals surface area contributed by atoms with Gasteiger partial charge < -0.3 is 14.6 Å². The zero-order valence-electron chi connectivity index (χ0n) is 13.7. The topological polar surface area (TPSA) is 72.8 Å². The average molecular weight is 318 g/mol. The molecule has 5 nitrogen and oxygen atoms in total. The van der Waals surface area contributed by atoms with Gasteiger partial charge in [-0.25, -0.2) is 4.79 Å². The van der Waals surface area contributed by atoms with Crippen molar-refractivity contribution in [2.24, 2.45) is 5.92 Å². The van der Waals surface area contributed by atoms with E-state index in [-0.39, 0.29) is 29.5 Å². The van der Waals surface area contributed by atoms with Crippen molar-refractivity contribution in [1.82, 2.24) is 0 Å². The largest absolute Gasteiger partial charge is 0.507 e. The summed E-state index contributed by atoms with van der Waals surface area (Å²) in [7, 11) is 1.59. The third-order valence-corrected chi connectivity index (χ3v) is 3.78. The summed E-state index contributed by atoms with van der Waals surface area (Å²) in [6.45, 7) is 3.93. The Bertz CT molecular complexity index is 613. The number of rotatable bonds is 7. The minimum absolute atomic E-state index is 0.148. The van der Waals surface area contributed by atoms with E-state index < -0.39 is 12.1 Å². The highest BCUT2D eigenvalue weighted by Crippen LogP contribution is 2.27. The first-order valence-corrected chi connectivity index (χ1v) is 7.72. The Morgan fingerprint density at radius 2 is 1.96 bits per heavy atom. The van der Waals surface area contributed by atoms with Crippen molar-refractivity contribution < 1.29 is 24.2 Å². The summed E-state index contributed by atoms with van der Waals surface area (Å²) in [6.07, 6.45) is 0.450. The first-order valence-electron chi connectivity index (χ1n) is 7.72. The number of aliphatic hydroxyl groups is 1. The van der Waals surface area contributed by atoms with Crippen LogP contribution in [-0.2, 0) is 20.7 Å². The van der Waals surface area contributed by atoms with Crippen molar-refractivity contribution in [2.45, 2.75) is 39.2 Å². The highest BCUT2D eigenvalue weighted by Gasteiger charge is 2.37. The van der Waals surface area contributed by atoms with Crippen LogP contribution in [0.1, 0.15) is 32.3 Å². The van der Waals surface area contributed by atoms with E-state index in [1.54, 1.807) is 7.11 Å². The smallest absolute Gasteiger partial charge is 0.346 e. The molecule has 0 radical (unpaired) electrons. The average Bonchev–Trinajstić information content (AvgIpc) is 2.79. The van der Waals surface area contributed by atoms with Crippen LogP contribution < -0.4 is 4.74 Å². The van der Waals surface area contributed by atoms with Gasteiger partial charge in [0, 0.05) is 6.42 Å². The van der Waals surface area contributed by atoms with E-state index in [4.69, 9.17) is 9.47 Å². The van der Waals surface area contributed by atoms with Gasteiger partial charge in [0.25, 0.3) is 0 Å². The van der Waals surface area contributed by atoms with Gasteiger partial charge in [-0.1, -0.05) is 26.0 Å². The molecule has 23 heavy (non-hydrogen) atoms. The van der Waals surface area contributed by atoms with Gasteiger partial charge in [-0.2, -0.15) is 0 Å². The van der Waals surface area contributed by atoms with Crippen molar-refractivity contribution in [3.05, 3.63) is 41.2 Å². The summed E-state index contributed by atoms with van der Waals surface area (Å²) in [5.41, 5.74) is 0.772. The molecule has 1 aromatic carbocycles. The zero-order valence-corrected chi connectivity index (χ0v) is 13.7. The predicted molar refractivity (Wildman–Crippen MR) is 85.3 cm³/mol. The summed E-state index contributed by atoms with van der Waals surface area (Å²) in [5.74, 6) is -0.314. The molecule has 0 bridgehead atoms. The van der Waals surface area contributed by atoms with E-state index in [2.05, 4.69) is 0 Å². The predicted octanol–water partition coefficient (Wildman–Crippen LogP) is 2.98. The number of cyclic esters (lactones) is 1. The molecule has 0 fully saturated rings. The number of carbonyl (C=O) groups is 2. The van der Waals surface area contributed by atoms with E-state index in [1.165, 1.54) is 0 Å². The lowest BCUT2D eigenvalue weighted by atomic mass is 9.99. The van der Waals surface area contributed by atoms with Crippen molar-refractivity contribution in [2.75, 3.05) is 7.11 Å². The molecule has 1 aliphatic heterocycles. The van der Waals surface area contributed by atoms with Crippen LogP contribution in [0.15, 0.2) is 35.6 Å². The van der Waals surface area contributed by atoms with Crippen molar-refractivity contribution in [3.8, 4) is 5.75 Å². The summed E-state index contributed by atoms with van der Waals surface area (Å²) in [5, 5.41) is 10.1. The first-order chi connectivity index (χ1) is 10.9. The molecule has 0 aliphatic carbocycles. The van der Waals surface area contributed by atoms with Gasteiger partial charge in [-0.15, -0.1) is 0 Å². The Labute approximate surface area is 135 Å². The molecule has 124 valence electrons. The Morgan fingerprint density at radius 3 is 2.52 bits per heavy atom. The van der Waals surface area contributed by atoms with Gasteiger partial charge in [0.05, 0.1) is 7.11 Å². The summed E-state index contributed by atoms with van der Waals surface area (Å²) >= 11 is 0. The molecule has 1 N–H and O–H groups in total. The molecule has 0 saturated carbocycles. The molecule has 1 atom stereocenters. The van der Waals surface area contributed by atoms with Crippen molar-refractivity contribution in [1.29, 1.82) is 0 Å². The van der Waals surface area contributed by atoms with Crippen LogP contribution in [-0.4, -0.2) is 30.1 Å².